The molecule has 2 fully saturated rings. The van der Waals surface area contributed by atoms with Crippen molar-refractivity contribution in [3.05, 3.63) is 38.5 Å². The molecule has 1 aliphatic heterocycles. The van der Waals surface area contributed by atoms with Crippen LogP contribution in [0.15, 0.2) is 26.9 Å². The van der Waals surface area contributed by atoms with Crippen LogP contribution >= 0.6 is 11.5 Å². The number of hydrogen-bond donors (Lipinski definition) is 2. The summed E-state index contributed by atoms with van der Waals surface area (Å²) in [5.74, 6) is -0.615. The van der Waals surface area contributed by atoms with E-state index in [9.17, 15) is 9.59 Å². The Labute approximate surface area is 181 Å². The van der Waals surface area contributed by atoms with Crippen LogP contribution in [0.2, 0.25) is 0 Å². The zero-order chi connectivity index (χ0) is 22.1. The predicted octanol–water partition coefficient (Wildman–Crippen LogP) is 2.55. The first-order valence-electron chi connectivity index (χ1n) is 10.2. The van der Waals surface area contributed by atoms with E-state index in [2.05, 4.69) is 9.53 Å². The molecule has 2 aliphatic rings. The minimum Gasteiger partial charge on any atom is -0.399 e. The van der Waals surface area contributed by atoms with Crippen LogP contribution in [0.5, 0.6) is 0 Å². The summed E-state index contributed by atoms with van der Waals surface area (Å²) in [6.45, 7) is 4.70. The van der Waals surface area contributed by atoms with E-state index < -0.39 is 22.3 Å². The third kappa shape index (κ3) is 3.16. The molecule has 31 heavy (non-hydrogen) atoms. The van der Waals surface area contributed by atoms with Crippen LogP contribution in [0.25, 0.3) is 21.1 Å². The SMILES string of the molecule is CON=C1CN(c2cc3c(cc2F)c(=O)c2c(=O)[nH]sc2n3C2CC2)CC1C(C)(C)N. The number of anilines is 1. The number of nitrogens with zero attached hydrogens (tertiary/aromatic N) is 3. The van der Waals surface area contributed by atoms with E-state index >= 15 is 4.39 Å². The third-order valence-corrected chi connectivity index (χ3v) is 7.10. The fourth-order valence-electron chi connectivity index (χ4n) is 4.53. The van der Waals surface area contributed by atoms with Crippen LogP contribution in [0.4, 0.5) is 10.1 Å². The van der Waals surface area contributed by atoms with Crippen LogP contribution in [0.1, 0.15) is 32.7 Å². The largest absolute Gasteiger partial charge is 0.399 e. The number of nitrogens with one attached hydrogen (secondary N) is 1. The summed E-state index contributed by atoms with van der Waals surface area (Å²) in [5.41, 5.74) is 6.74. The van der Waals surface area contributed by atoms with Gasteiger partial charge in [-0.3, -0.25) is 14.0 Å². The highest BCUT2D eigenvalue weighted by atomic mass is 32.1. The summed E-state index contributed by atoms with van der Waals surface area (Å²) < 4.78 is 20.0. The number of pyridine rings is 1. The lowest BCUT2D eigenvalue weighted by atomic mass is 9.87. The van der Waals surface area contributed by atoms with Gasteiger partial charge in [-0.2, -0.15) is 0 Å². The number of halogens is 1. The molecule has 3 aromatic rings. The first kappa shape index (κ1) is 20.2. The highest BCUT2D eigenvalue weighted by molar-refractivity contribution is 7.12. The Balaban J connectivity index is 1.71. The van der Waals surface area contributed by atoms with Crippen molar-refractivity contribution in [2.45, 2.75) is 38.3 Å². The number of nitrogens with two attached hydrogens (primary N) is 1. The van der Waals surface area contributed by atoms with Crippen LogP contribution in [-0.4, -0.2) is 40.4 Å². The molecule has 0 radical (unpaired) electrons. The molecule has 3 N–H and O–H groups in total. The monoisotopic (exact) mass is 445 g/mol. The van der Waals surface area contributed by atoms with Gasteiger partial charge in [-0.1, -0.05) is 5.16 Å². The summed E-state index contributed by atoms with van der Waals surface area (Å²) in [6.07, 6.45) is 1.92. The van der Waals surface area contributed by atoms with Gasteiger partial charge in [0, 0.05) is 29.4 Å². The van der Waals surface area contributed by atoms with Crippen LogP contribution in [0, 0.1) is 11.7 Å². The van der Waals surface area contributed by atoms with E-state index in [1.54, 1.807) is 6.07 Å². The normalized spacial score (nSPS) is 21.0. The predicted molar refractivity (Wildman–Crippen MR) is 121 cm³/mol. The van der Waals surface area contributed by atoms with Gasteiger partial charge in [0.1, 0.15) is 23.1 Å². The topological polar surface area (TPSA) is 106 Å². The van der Waals surface area contributed by atoms with E-state index in [1.807, 2.05) is 23.3 Å². The second-order valence-corrected chi connectivity index (χ2v) is 9.78. The average Bonchev–Trinajstić information content (AvgIpc) is 3.32. The number of aromatic amines is 1. The van der Waals surface area contributed by atoms with Gasteiger partial charge in [0.05, 0.1) is 23.5 Å². The van der Waals surface area contributed by atoms with Crippen LogP contribution in [0.3, 0.4) is 0 Å². The smallest absolute Gasteiger partial charge is 0.271 e. The molecule has 8 nitrogen and oxygen atoms in total. The van der Waals surface area contributed by atoms with Crippen molar-refractivity contribution in [1.29, 1.82) is 0 Å². The highest BCUT2D eigenvalue weighted by Gasteiger charge is 2.39. The highest BCUT2D eigenvalue weighted by Crippen LogP contribution is 2.41. The number of oxime groups is 1. The van der Waals surface area contributed by atoms with Crippen LogP contribution in [-0.2, 0) is 4.84 Å². The molecule has 1 aliphatic carbocycles. The first-order valence-corrected chi connectivity index (χ1v) is 11.0. The number of hydrogen-bond acceptors (Lipinski definition) is 7. The number of aromatic nitrogens is 2. The number of H-pyrrole nitrogens is 1. The fraction of sp³-hybridized carbons (Fsp3) is 0.476. The van der Waals surface area contributed by atoms with Crippen molar-refractivity contribution in [1.82, 2.24) is 8.94 Å². The summed E-state index contributed by atoms with van der Waals surface area (Å²) in [5, 5.41) is 4.47. The molecule has 0 amide bonds. The Kier molecular flexibility index (Phi) is 4.49. The number of rotatable bonds is 4. The summed E-state index contributed by atoms with van der Waals surface area (Å²) in [4.78, 5) is 32.7. The molecule has 3 heterocycles. The van der Waals surface area contributed by atoms with Crippen LogP contribution < -0.4 is 21.6 Å². The van der Waals surface area contributed by atoms with Crippen molar-refractivity contribution in [3.63, 3.8) is 0 Å². The summed E-state index contributed by atoms with van der Waals surface area (Å²) in [7, 11) is 1.48. The lowest BCUT2D eigenvalue weighted by Crippen LogP contribution is -2.45. The maximum atomic E-state index is 15.3. The van der Waals surface area contributed by atoms with E-state index in [-0.39, 0.29) is 22.7 Å². The van der Waals surface area contributed by atoms with Gasteiger partial charge < -0.3 is 20.0 Å². The van der Waals surface area contributed by atoms with Crippen molar-refractivity contribution in [3.8, 4) is 0 Å². The molecule has 1 unspecified atom stereocenters. The average molecular weight is 446 g/mol. The zero-order valence-electron chi connectivity index (χ0n) is 17.6. The Morgan fingerprint density at radius 1 is 1.32 bits per heavy atom. The van der Waals surface area contributed by atoms with Crippen molar-refractivity contribution >= 4 is 44.1 Å². The number of fused-ring (bicyclic) bond motifs is 2. The zero-order valence-corrected chi connectivity index (χ0v) is 18.4. The standard InChI is InChI=1S/C21H24FN5O3S/c1-21(2,23)12-8-26(9-14(12)24-30-3)16-7-15-11(6-13(16)22)18(28)17-19(29)25-31-20(17)27(15)10-4-5-10/h6-7,10,12H,4-5,8-9,23H2,1-3H3,(H,25,29). The minimum absolute atomic E-state index is 0.106. The fourth-order valence-corrected chi connectivity index (χ4v) is 5.46. The summed E-state index contributed by atoms with van der Waals surface area (Å²) >= 11 is 1.16. The molecule has 1 aromatic carbocycles. The summed E-state index contributed by atoms with van der Waals surface area (Å²) in [6, 6.07) is 3.19. The van der Waals surface area contributed by atoms with Gasteiger partial charge in [0.15, 0.2) is 0 Å². The molecule has 1 saturated heterocycles. The minimum atomic E-state index is -0.557. The molecule has 0 spiro atoms. The molecular weight excluding hydrogens is 421 g/mol. The Bertz CT molecular complexity index is 1350. The lowest BCUT2D eigenvalue weighted by molar-refractivity contribution is 0.209. The number of benzene rings is 1. The molecular formula is C21H24FN5O3S. The Morgan fingerprint density at radius 3 is 2.71 bits per heavy atom. The van der Waals surface area contributed by atoms with Gasteiger partial charge in [-0.25, -0.2) is 4.39 Å². The lowest BCUT2D eigenvalue weighted by Gasteiger charge is -2.27. The third-order valence-electron chi connectivity index (χ3n) is 6.21. The van der Waals surface area contributed by atoms with Crippen molar-refractivity contribution in [2.24, 2.45) is 16.8 Å². The first-order chi connectivity index (χ1) is 14.7. The molecule has 0 bridgehead atoms. The van der Waals surface area contributed by atoms with E-state index in [0.717, 1.165) is 30.1 Å². The van der Waals surface area contributed by atoms with Crippen molar-refractivity contribution in [2.75, 3.05) is 25.1 Å². The second-order valence-electron chi connectivity index (χ2n) is 8.98. The van der Waals surface area contributed by atoms with E-state index in [4.69, 9.17) is 10.6 Å². The maximum absolute atomic E-state index is 15.3. The molecule has 10 heteroatoms. The van der Waals surface area contributed by atoms with E-state index in [1.165, 1.54) is 13.2 Å². The van der Waals surface area contributed by atoms with Gasteiger partial charge in [0.2, 0.25) is 5.43 Å². The van der Waals surface area contributed by atoms with Gasteiger partial charge in [-0.05, 0) is 50.4 Å². The molecule has 2 aromatic heterocycles. The van der Waals surface area contributed by atoms with Gasteiger partial charge >= 0.3 is 0 Å². The second kappa shape index (κ2) is 6.89. The van der Waals surface area contributed by atoms with E-state index in [0.29, 0.717) is 29.1 Å². The Morgan fingerprint density at radius 2 is 2.06 bits per heavy atom. The molecule has 1 saturated carbocycles. The quantitative estimate of drug-likeness (QED) is 0.601. The van der Waals surface area contributed by atoms with Gasteiger partial charge in [0.25, 0.3) is 5.56 Å². The molecule has 5 rings (SSSR count). The van der Waals surface area contributed by atoms with Crippen molar-refractivity contribution < 1.29 is 9.23 Å². The maximum Gasteiger partial charge on any atom is 0.271 e. The Hall–Kier alpha value is -2.72. The molecule has 1 atom stereocenters. The molecule has 164 valence electrons. The van der Waals surface area contributed by atoms with Gasteiger partial charge in [-0.15, -0.1) is 0 Å².